The number of pyridine rings is 1. The minimum absolute atomic E-state index is 0.0901. The normalized spacial score (nSPS) is 10.9. The molecule has 0 fully saturated rings. The zero-order valence-electron chi connectivity index (χ0n) is 12.2. The molecule has 7 nitrogen and oxygen atoms in total. The molecule has 8 heteroatoms. The molecule has 1 heterocycles. The highest BCUT2D eigenvalue weighted by atomic mass is 35.5. The quantitative estimate of drug-likeness (QED) is 0.838. The molecule has 0 saturated carbocycles. The smallest absolute Gasteiger partial charge is 0.281 e. The van der Waals surface area contributed by atoms with Crippen LogP contribution in [0, 0.1) is 18.3 Å². The van der Waals surface area contributed by atoms with Crippen molar-refractivity contribution in [2.75, 3.05) is 6.61 Å². The third-order valence-electron chi connectivity index (χ3n) is 3.20. The highest BCUT2D eigenvalue weighted by Gasteiger charge is 2.18. The van der Waals surface area contributed by atoms with Crippen molar-refractivity contribution in [3.8, 4) is 11.9 Å². The molecule has 0 spiro atoms. The van der Waals surface area contributed by atoms with Crippen LogP contribution in [0.4, 0.5) is 11.4 Å². The van der Waals surface area contributed by atoms with Crippen LogP contribution in [0.25, 0.3) is 0 Å². The first-order valence-electron chi connectivity index (χ1n) is 6.64. The number of aliphatic hydroxyl groups excluding tert-OH is 1. The van der Waals surface area contributed by atoms with Crippen molar-refractivity contribution >= 4 is 23.0 Å². The Labute approximate surface area is 136 Å². The number of nitrogens with zero attached hydrogens (tertiary/aromatic N) is 4. The van der Waals surface area contributed by atoms with Crippen LogP contribution in [0.3, 0.4) is 0 Å². The van der Waals surface area contributed by atoms with E-state index < -0.39 is 11.4 Å². The standard InChI is InChI=1S/C15H13ClN4O3/c1-9-10(8-17)14(22)20(6-7-21)15(23)13(9)19-18-12-5-3-2-4-11(12)16/h2-5,21-22H,6-7H2,1H3. The van der Waals surface area contributed by atoms with Crippen molar-refractivity contribution in [1.29, 1.82) is 5.26 Å². The van der Waals surface area contributed by atoms with E-state index in [0.717, 1.165) is 4.57 Å². The first-order valence-corrected chi connectivity index (χ1v) is 7.02. The van der Waals surface area contributed by atoms with E-state index in [-0.39, 0.29) is 30.0 Å². The van der Waals surface area contributed by atoms with Gasteiger partial charge in [0.25, 0.3) is 5.56 Å². The van der Waals surface area contributed by atoms with Gasteiger partial charge in [-0.25, -0.2) is 0 Å². The van der Waals surface area contributed by atoms with E-state index in [2.05, 4.69) is 10.2 Å². The lowest BCUT2D eigenvalue weighted by atomic mass is 10.1. The molecule has 0 atom stereocenters. The third kappa shape index (κ3) is 3.23. The maximum absolute atomic E-state index is 12.4. The number of aromatic hydroxyl groups is 1. The lowest BCUT2D eigenvalue weighted by Gasteiger charge is -2.11. The Kier molecular flexibility index (Phi) is 5.11. The van der Waals surface area contributed by atoms with Crippen LogP contribution in [0.2, 0.25) is 5.02 Å². The average molecular weight is 333 g/mol. The van der Waals surface area contributed by atoms with E-state index in [0.29, 0.717) is 10.7 Å². The minimum Gasteiger partial charge on any atom is -0.493 e. The zero-order chi connectivity index (χ0) is 17.0. The number of hydrogen-bond acceptors (Lipinski definition) is 6. The van der Waals surface area contributed by atoms with Gasteiger partial charge in [-0.3, -0.25) is 9.36 Å². The molecule has 0 aliphatic carbocycles. The summed E-state index contributed by atoms with van der Waals surface area (Å²) in [4.78, 5) is 12.4. The summed E-state index contributed by atoms with van der Waals surface area (Å²) in [6.45, 7) is 0.959. The number of aromatic nitrogens is 1. The molecule has 1 aromatic carbocycles. The zero-order valence-corrected chi connectivity index (χ0v) is 12.9. The summed E-state index contributed by atoms with van der Waals surface area (Å²) in [5.74, 6) is -0.499. The number of hydrogen-bond donors (Lipinski definition) is 2. The molecule has 1 aromatic heterocycles. The van der Waals surface area contributed by atoms with E-state index in [9.17, 15) is 9.90 Å². The minimum atomic E-state index is -0.649. The predicted octanol–water partition coefficient (Wildman–Crippen LogP) is 2.80. The van der Waals surface area contributed by atoms with Crippen molar-refractivity contribution in [2.45, 2.75) is 13.5 Å². The molecule has 2 aromatic rings. The van der Waals surface area contributed by atoms with Crippen molar-refractivity contribution < 1.29 is 10.2 Å². The average Bonchev–Trinajstić information content (AvgIpc) is 2.53. The van der Waals surface area contributed by atoms with E-state index in [1.165, 1.54) is 6.92 Å². The number of azo groups is 1. The first-order chi connectivity index (χ1) is 11.0. The molecule has 23 heavy (non-hydrogen) atoms. The van der Waals surface area contributed by atoms with Gasteiger partial charge in [-0.1, -0.05) is 23.7 Å². The molecular formula is C15H13ClN4O3. The van der Waals surface area contributed by atoms with E-state index in [1.807, 2.05) is 6.07 Å². The Hall–Kier alpha value is -2.69. The number of nitriles is 1. The fourth-order valence-corrected chi connectivity index (χ4v) is 2.17. The second kappa shape index (κ2) is 7.05. The Balaban J connectivity index is 2.63. The molecule has 0 radical (unpaired) electrons. The third-order valence-corrected chi connectivity index (χ3v) is 3.52. The Bertz CT molecular complexity index is 868. The molecule has 0 saturated heterocycles. The van der Waals surface area contributed by atoms with Crippen LogP contribution in [-0.4, -0.2) is 21.4 Å². The fraction of sp³-hybridized carbons (Fsp3) is 0.200. The summed E-state index contributed by atoms with van der Waals surface area (Å²) < 4.78 is 0.881. The number of aliphatic hydroxyl groups is 1. The predicted molar refractivity (Wildman–Crippen MR) is 84.5 cm³/mol. The second-order valence-electron chi connectivity index (χ2n) is 4.62. The van der Waals surface area contributed by atoms with E-state index in [1.54, 1.807) is 24.3 Å². The van der Waals surface area contributed by atoms with Gasteiger partial charge in [0.2, 0.25) is 5.88 Å². The van der Waals surface area contributed by atoms with Crippen LogP contribution in [0.5, 0.6) is 5.88 Å². The van der Waals surface area contributed by atoms with Gasteiger partial charge in [0.1, 0.15) is 17.3 Å². The van der Waals surface area contributed by atoms with Gasteiger partial charge in [-0.05, 0) is 19.1 Å². The van der Waals surface area contributed by atoms with Gasteiger partial charge in [-0.2, -0.15) is 5.26 Å². The van der Waals surface area contributed by atoms with Crippen molar-refractivity contribution in [3.63, 3.8) is 0 Å². The largest absolute Gasteiger partial charge is 0.493 e. The molecule has 0 aliphatic heterocycles. The van der Waals surface area contributed by atoms with E-state index >= 15 is 0 Å². The molecule has 2 rings (SSSR count). The van der Waals surface area contributed by atoms with Gasteiger partial charge in [0.15, 0.2) is 5.69 Å². The monoisotopic (exact) mass is 332 g/mol. The maximum Gasteiger partial charge on any atom is 0.281 e. The van der Waals surface area contributed by atoms with Crippen LogP contribution < -0.4 is 5.56 Å². The number of halogens is 1. The molecule has 0 unspecified atom stereocenters. The van der Waals surface area contributed by atoms with Gasteiger partial charge in [0, 0.05) is 5.56 Å². The van der Waals surface area contributed by atoms with Crippen molar-refractivity contribution in [2.24, 2.45) is 10.2 Å². The van der Waals surface area contributed by atoms with Crippen LogP contribution >= 0.6 is 11.6 Å². The Morgan fingerprint density at radius 3 is 2.65 bits per heavy atom. The molecule has 118 valence electrons. The van der Waals surface area contributed by atoms with Crippen molar-refractivity contribution in [1.82, 2.24) is 4.57 Å². The molecule has 0 amide bonds. The van der Waals surface area contributed by atoms with Crippen molar-refractivity contribution in [3.05, 3.63) is 50.8 Å². The van der Waals surface area contributed by atoms with Crippen LogP contribution in [0.15, 0.2) is 39.3 Å². The van der Waals surface area contributed by atoms with Gasteiger partial charge in [0.05, 0.1) is 18.2 Å². The van der Waals surface area contributed by atoms with Gasteiger partial charge < -0.3 is 10.2 Å². The lowest BCUT2D eigenvalue weighted by Crippen LogP contribution is -2.23. The number of rotatable bonds is 4. The fourth-order valence-electron chi connectivity index (χ4n) is 2.00. The Morgan fingerprint density at radius 2 is 2.04 bits per heavy atom. The molecule has 0 bridgehead atoms. The molecule has 2 N–H and O–H groups in total. The van der Waals surface area contributed by atoms with Crippen LogP contribution in [0.1, 0.15) is 11.1 Å². The summed E-state index contributed by atoms with van der Waals surface area (Å²) in [6, 6.07) is 8.52. The van der Waals surface area contributed by atoms with Crippen LogP contribution in [-0.2, 0) is 6.54 Å². The topological polar surface area (TPSA) is 111 Å². The first kappa shape index (κ1) is 16.7. The molecule has 0 aliphatic rings. The highest BCUT2D eigenvalue weighted by Crippen LogP contribution is 2.29. The Morgan fingerprint density at radius 1 is 1.35 bits per heavy atom. The lowest BCUT2D eigenvalue weighted by molar-refractivity contribution is 0.263. The van der Waals surface area contributed by atoms with Gasteiger partial charge in [-0.15, -0.1) is 10.2 Å². The van der Waals surface area contributed by atoms with E-state index in [4.69, 9.17) is 22.0 Å². The summed E-state index contributed by atoms with van der Waals surface area (Å²) >= 11 is 5.97. The van der Waals surface area contributed by atoms with Gasteiger partial charge >= 0.3 is 0 Å². The second-order valence-corrected chi connectivity index (χ2v) is 5.02. The molecular weight excluding hydrogens is 320 g/mol. The maximum atomic E-state index is 12.4. The summed E-state index contributed by atoms with van der Waals surface area (Å²) in [5, 5.41) is 36.3. The SMILES string of the molecule is Cc1c(C#N)c(O)n(CCO)c(=O)c1N=Nc1ccccc1Cl. The summed E-state index contributed by atoms with van der Waals surface area (Å²) in [6.07, 6.45) is 0. The highest BCUT2D eigenvalue weighted by molar-refractivity contribution is 6.32. The summed E-state index contributed by atoms with van der Waals surface area (Å²) in [5.41, 5.74) is -0.254. The summed E-state index contributed by atoms with van der Waals surface area (Å²) in [7, 11) is 0. The number of benzene rings is 1.